The van der Waals surface area contributed by atoms with Gasteiger partial charge in [0.1, 0.15) is 4.32 Å². The number of benzene rings is 2. The van der Waals surface area contributed by atoms with E-state index in [4.69, 9.17) is 17.0 Å². The molecule has 1 aliphatic rings. The number of nitrogens with zero attached hydrogens (tertiary/aromatic N) is 5. The summed E-state index contributed by atoms with van der Waals surface area (Å²) in [7, 11) is 7.21. The van der Waals surface area contributed by atoms with Gasteiger partial charge in [-0.2, -0.15) is 4.98 Å². The van der Waals surface area contributed by atoms with Crippen molar-refractivity contribution in [2.75, 3.05) is 77.4 Å². The van der Waals surface area contributed by atoms with Gasteiger partial charge in [0.25, 0.3) is 11.8 Å². The van der Waals surface area contributed by atoms with Crippen LogP contribution in [0.2, 0.25) is 0 Å². The minimum absolute atomic E-state index is 0.00524. The highest BCUT2D eigenvalue weighted by atomic mass is 32.2. The summed E-state index contributed by atoms with van der Waals surface area (Å²) in [5, 5.41) is 8.98. The fraction of sp³-hybridized carbons (Fsp3) is 0.345. The Labute approximate surface area is 256 Å². The van der Waals surface area contributed by atoms with Crippen LogP contribution in [0.15, 0.2) is 54.7 Å². The maximum atomic E-state index is 13.1. The van der Waals surface area contributed by atoms with Gasteiger partial charge >= 0.3 is 0 Å². The number of hydrogen-bond acceptors (Lipinski definition) is 10. The molecule has 0 aliphatic carbocycles. The maximum absolute atomic E-state index is 13.1. The third-order valence-corrected chi connectivity index (χ3v) is 8.11. The van der Waals surface area contributed by atoms with Crippen LogP contribution in [0.1, 0.15) is 20.7 Å². The van der Waals surface area contributed by atoms with Gasteiger partial charge < -0.3 is 35.4 Å². The lowest BCUT2D eigenvalue weighted by Gasteiger charge is -2.36. The largest absolute Gasteiger partial charge is 0.491 e. The van der Waals surface area contributed by atoms with Gasteiger partial charge in [0, 0.05) is 56.8 Å². The van der Waals surface area contributed by atoms with Gasteiger partial charge in [0.05, 0.1) is 24.6 Å². The third kappa shape index (κ3) is 8.08. The van der Waals surface area contributed by atoms with Crippen LogP contribution in [0.3, 0.4) is 0 Å². The molecule has 42 heavy (non-hydrogen) atoms. The average molecular weight is 609 g/mol. The lowest BCUT2D eigenvalue weighted by atomic mass is 10.1. The van der Waals surface area contributed by atoms with Crippen molar-refractivity contribution in [3.05, 3.63) is 65.9 Å². The van der Waals surface area contributed by atoms with E-state index in [1.165, 1.54) is 7.11 Å². The van der Waals surface area contributed by atoms with Gasteiger partial charge in [-0.3, -0.25) is 9.59 Å². The Morgan fingerprint density at radius 3 is 2.38 bits per heavy atom. The molecule has 0 saturated carbocycles. The lowest BCUT2D eigenvalue weighted by molar-refractivity contribution is 0.0694. The van der Waals surface area contributed by atoms with Crippen molar-refractivity contribution in [2.24, 2.45) is 0 Å². The summed E-state index contributed by atoms with van der Waals surface area (Å²) < 4.78 is 6.32. The molecule has 13 heteroatoms. The van der Waals surface area contributed by atoms with Crippen LogP contribution < -0.4 is 20.7 Å². The second kappa shape index (κ2) is 14.8. The monoisotopic (exact) mass is 608 g/mol. The highest BCUT2D eigenvalue weighted by molar-refractivity contribution is 8.22. The molecule has 0 radical (unpaired) electrons. The number of methoxy groups -OCH3 is 1. The highest BCUT2D eigenvalue weighted by Crippen LogP contribution is 2.28. The fourth-order valence-electron chi connectivity index (χ4n) is 4.23. The van der Waals surface area contributed by atoms with E-state index in [9.17, 15) is 9.59 Å². The normalized spacial score (nSPS) is 13.1. The standard InChI is InChI=1S/C29H36N8O3S2/c1-30-26(38)22-7-5-6-8-23(22)33-25-24(40-4)19-31-28(34-25)32-21-11-9-20(10-12-21)27(39)36-13-15-37(16-14-36)29(41)42-18-17-35(2)3/h5-12,19H,13-18H2,1-4H3,(H,30,38)(H2,31,32,33,34). The van der Waals surface area contributed by atoms with Gasteiger partial charge in [-0.05, 0) is 50.5 Å². The van der Waals surface area contributed by atoms with Crippen molar-refractivity contribution in [1.29, 1.82) is 0 Å². The van der Waals surface area contributed by atoms with E-state index in [0.29, 0.717) is 47.4 Å². The van der Waals surface area contributed by atoms with E-state index in [1.807, 2.05) is 23.1 Å². The number of ether oxygens (including phenoxy) is 1. The zero-order chi connectivity index (χ0) is 30.1. The first-order valence-corrected chi connectivity index (χ1v) is 14.9. The van der Waals surface area contributed by atoms with Crippen LogP contribution >= 0.6 is 24.0 Å². The molecule has 11 nitrogen and oxygen atoms in total. The number of amides is 2. The van der Waals surface area contributed by atoms with Crippen molar-refractivity contribution < 1.29 is 14.3 Å². The van der Waals surface area contributed by atoms with E-state index >= 15 is 0 Å². The molecule has 1 aliphatic heterocycles. The van der Waals surface area contributed by atoms with Crippen LogP contribution in [-0.2, 0) is 0 Å². The van der Waals surface area contributed by atoms with Gasteiger partial charge in [-0.25, -0.2) is 4.98 Å². The number of carbonyl (C=O) groups is 2. The smallest absolute Gasteiger partial charge is 0.253 e. The fourth-order valence-corrected chi connectivity index (χ4v) is 5.66. The molecule has 3 N–H and O–H groups in total. The van der Waals surface area contributed by atoms with Crippen LogP contribution in [0.25, 0.3) is 0 Å². The second-order valence-electron chi connectivity index (χ2n) is 9.76. The van der Waals surface area contributed by atoms with E-state index in [2.05, 4.69) is 49.8 Å². The Balaban J connectivity index is 1.37. The van der Waals surface area contributed by atoms with E-state index in [1.54, 1.807) is 55.3 Å². The van der Waals surface area contributed by atoms with Crippen LogP contribution in [-0.4, -0.2) is 108 Å². The minimum atomic E-state index is -0.223. The number of carbonyl (C=O) groups excluding carboxylic acids is 2. The summed E-state index contributed by atoms with van der Waals surface area (Å²) in [6.07, 6.45) is 1.55. The van der Waals surface area contributed by atoms with Crippen molar-refractivity contribution in [1.82, 2.24) is 30.0 Å². The average Bonchev–Trinajstić information content (AvgIpc) is 3.01. The van der Waals surface area contributed by atoms with E-state index in [-0.39, 0.29) is 11.8 Å². The molecule has 1 saturated heterocycles. The number of piperazine rings is 1. The Bertz CT molecular complexity index is 1400. The zero-order valence-corrected chi connectivity index (χ0v) is 25.8. The first-order valence-electron chi connectivity index (χ1n) is 13.5. The number of para-hydroxylation sites is 1. The van der Waals surface area contributed by atoms with Crippen molar-refractivity contribution >= 4 is 63.3 Å². The Morgan fingerprint density at radius 1 is 1.02 bits per heavy atom. The molecule has 0 atom stereocenters. The maximum Gasteiger partial charge on any atom is 0.253 e. The molecule has 1 aromatic heterocycles. The molecule has 2 aromatic carbocycles. The molecule has 1 fully saturated rings. The van der Waals surface area contributed by atoms with Crippen molar-refractivity contribution in [3.8, 4) is 5.75 Å². The number of aromatic nitrogens is 2. The number of nitrogens with one attached hydrogen (secondary N) is 3. The summed E-state index contributed by atoms with van der Waals surface area (Å²) >= 11 is 7.28. The molecule has 3 aromatic rings. The summed E-state index contributed by atoms with van der Waals surface area (Å²) in [5.74, 6) is 1.86. The summed E-state index contributed by atoms with van der Waals surface area (Å²) in [6, 6.07) is 14.3. The Kier molecular flexibility index (Phi) is 10.9. The van der Waals surface area contributed by atoms with Gasteiger partial charge in [-0.1, -0.05) is 36.1 Å². The molecule has 0 spiro atoms. The number of anilines is 4. The van der Waals surface area contributed by atoms with Gasteiger partial charge in [-0.15, -0.1) is 0 Å². The summed E-state index contributed by atoms with van der Waals surface area (Å²) in [6.45, 7) is 3.71. The predicted molar refractivity (Wildman–Crippen MR) is 173 cm³/mol. The van der Waals surface area contributed by atoms with Crippen molar-refractivity contribution in [3.63, 3.8) is 0 Å². The molecule has 0 unspecified atom stereocenters. The Morgan fingerprint density at radius 2 is 1.71 bits per heavy atom. The predicted octanol–water partition coefficient (Wildman–Crippen LogP) is 3.67. The Hall–Kier alpha value is -3.94. The minimum Gasteiger partial charge on any atom is -0.491 e. The number of rotatable bonds is 10. The van der Waals surface area contributed by atoms with Crippen LogP contribution in [0.5, 0.6) is 5.75 Å². The number of thiocarbonyl (C=S) groups is 1. The van der Waals surface area contributed by atoms with E-state index in [0.717, 1.165) is 35.4 Å². The van der Waals surface area contributed by atoms with E-state index < -0.39 is 0 Å². The second-order valence-corrected chi connectivity index (χ2v) is 11.5. The molecule has 222 valence electrons. The topological polar surface area (TPSA) is 115 Å². The molecule has 0 bridgehead atoms. The molecule has 2 heterocycles. The van der Waals surface area contributed by atoms with Crippen molar-refractivity contribution in [2.45, 2.75) is 0 Å². The SMILES string of the molecule is CNC(=O)c1ccccc1Nc1nc(Nc2ccc(C(=O)N3CCN(C(=S)SCCN(C)C)CC3)cc2)ncc1OC. The molecular formula is C29H36N8O3S2. The summed E-state index contributed by atoms with van der Waals surface area (Å²) in [5.41, 5.74) is 2.38. The molecule has 2 amide bonds. The number of hydrogen-bond donors (Lipinski definition) is 3. The molecule has 4 rings (SSSR count). The highest BCUT2D eigenvalue weighted by Gasteiger charge is 2.23. The number of thioether (sulfide) groups is 1. The van der Waals surface area contributed by atoms with Gasteiger partial charge in [0.15, 0.2) is 11.6 Å². The molecular weight excluding hydrogens is 573 g/mol. The quantitative estimate of drug-likeness (QED) is 0.293. The third-order valence-electron chi connectivity index (χ3n) is 6.60. The van der Waals surface area contributed by atoms with Crippen LogP contribution in [0.4, 0.5) is 23.1 Å². The lowest BCUT2D eigenvalue weighted by Crippen LogP contribution is -2.49. The zero-order valence-electron chi connectivity index (χ0n) is 24.2. The first kappa shape index (κ1) is 31.0. The first-order chi connectivity index (χ1) is 20.3. The van der Waals surface area contributed by atoms with Gasteiger partial charge in [0.2, 0.25) is 5.95 Å². The van der Waals surface area contributed by atoms with Crippen LogP contribution in [0, 0.1) is 0 Å². The summed E-state index contributed by atoms with van der Waals surface area (Å²) in [4.78, 5) is 40.5.